The van der Waals surface area contributed by atoms with Gasteiger partial charge in [-0.1, -0.05) is 30.7 Å². The van der Waals surface area contributed by atoms with Crippen molar-refractivity contribution in [2.75, 3.05) is 38.0 Å². The summed E-state index contributed by atoms with van der Waals surface area (Å²) in [6.45, 7) is 3.83. The Balaban J connectivity index is 1.43. The van der Waals surface area contributed by atoms with Gasteiger partial charge in [0.2, 0.25) is 0 Å². The summed E-state index contributed by atoms with van der Waals surface area (Å²) in [5.41, 5.74) is 2.74. The standard InChI is InChI=1S/C29H34F3N3O/c30-23-8-4-21(5-9-23)27(22-6-10-24(31)11-7-22)2-1-3-28(35-18-16-33-17-19-35)29(36)20-34-26-14-12-25(32)13-15-26/h4-15,27-29,33-34,36H,1-3,16-20H2. The third-order valence-corrected chi connectivity index (χ3v) is 6.96. The lowest BCUT2D eigenvalue weighted by Gasteiger charge is -2.38. The number of aliphatic hydroxyl groups excluding tert-OH is 1. The molecule has 1 aliphatic heterocycles. The van der Waals surface area contributed by atoms with Crippen LogP contribution >= 0.6 is 0 Å². The Morgan fingerprint density at radius 3 is 1.78 bits per heavy atom. The quantitative estimate of drug-likeness (QED) is 0.343. The van der Waals surface area contributed by atoms with Gasteiger partial charge in [-0.3, -0.25) is 4.90 Å². The van der Waals surface area contributed by atoms with Gasteiger partial charge < -0.3 is 15.7 Å². The first-order valence-corrected chi connectivity index (χ1v) is 12.6. The van der Waals surface area contributed by atoms with E-state index < -0.39 is 6.10 Å². The third kappa shape index (κ3) is 7.32. The minimum atomic E-state index is -0.608. The lowest BCUT2D eigenvalue weighted by atomic mass is 9.86. The lowest BCUT2D eigenvalue weighted by Crippen LogP contribution is -2.53. The predicted molar refractivity (Wildman–Crippen MR) is 138 cm³/mol. The summed E-state index contributed by atoms with van der Waals surface area (Å²) >= 11 is 0. The molecule has 4 rings (SSSR count). The van der Waals surface area contributed by atoms with Gasteiger partial charge in [0.1, 0.15) is 17.5 Å². The largest absolute Gasteiger partial charge is 0.390 e. The molecule has 0 aromatic heterocycles. The van der Waals surface area contributed by atoms with E-state index in [1.807, 2.05) is 0 Å². The van der Waals surface area contributed by atoms with Crippen LogP contribution in [0.3, 0.4) is 0 Å². The van der Waals surface area contributed by atoms with Crippen molar-refractivity contribution in [3.63, 3.8) is 0 Å². The van der Waals surface area contributed by atoms with E-state index in [0.29, 0.717) is 6.54 Å². The normalized spacial score (nSPS) is 16.1. The monoisotopic (exact) mass is 497 g/mol. The number of hydrogen-bond donors (Lipinski definition) is 3. The molecule has 36 heavy (non-hydrogen) atoms. The number of nitrogens with one attached hydrogen (secondary N) is 2. The SMILES string of the molecule is OC(CNc1ccc(F)cc1)C(CCCC(c1ccc(F)cc1)c1ccc(F)cc1)N1CCNCC1. The van der Waals surface area contributed by atoms with Crippen LogP contribution in [0.25, 0.3) is 0 Å². The summed E-state index contributed by atoms with van der Waals surface area (Å²) in [7, 11) is 0. The van der Waals surface area contributed by atoms with Crippen molar-refractivity contribution in [1.29, 1.82) is 0 Å². The Bertz CT molecular complexity index is 1010. The van der Waals surface area contributed by atoms with Crippen molar-refractivity contribution < 1.29 is 18.3 Å². The summed E-state index contributed by atoms with van der Waals surface area (Å²) in [4.78, 5) is 2.33. The molecule has 0 spiro atoms. The molecular weight excluding hydrogens is 463 g/mol. The summed E-state index contributed by atoms with van der Waals surface area (Å²) in [6.07, 6.45) is 1.80. The first-order valence-electron chi connectivity index (χ1n) is 12.6. The topological polar surface area (TPSA) is 47.5 Å². The highest BCUT2D eigenvalue weighted by atomic mass is 19.1. The molecular formula is C29H34F3N3O. The highest BCUT2D eigenvalue weighted by molar-refractivity contribution is 5.43. The first kappa shape index (κ1) is 26.2. The van der Waals surface area contributed by atoms with Crippen LogP contribution in [0.1, 0.15) is 36.3 Å². The van der Waals surface area contributed by atoms with E-state index in [1.165, 1.54) is 36.4 Å². The second kappa shape index (κ2) is 12.9. The molecule has 3 aromatic rings. The molecule has 0 aliphatic carbocycles. The molecule has 7 heteroatoms. The number of aliphatic hydroxyl groups is 1. The molecule has 0 amide bonds. The van der Waals surface area contributed by atoms with Crippen molar-refractivity contribution in [3.05, 3.63) is 101 Å². The molecule has 192 valence electrons. The van der Waals surface area contributed by atoms with Crippen LogP contribution in [-0.2, 0) is 0 Å². The maximum atomic E-state index is 13.6. The minimum Gasteiger partial charge on any atom is -0.390 e. The maximum Gasteiger partial charge on any atom is 0.123 e. The van der Waals surface area contributed by atoms with E-state index in [1.54, 1.807) is 36.4 Å². The van der Waals surface area contributed by atoms with Crippen molar-refractivity contribution in [1.82, 2.24) is 10.2 Å². The third-order valence-electron chi connectivity index (χ3n) is 6.96. The Labute approximate surface area is 211 Å². The number of piperazine rings is 1. The fourth-order valence-corrected chi connectivity index (χ4v) is 5.01. The summed E-state index contributed by atoms with van der Waals surface area (Å²) in [5.74, 6) is -0.861. The number of halogens is 3. The van der Waals surface area contributed by atoms with Crippen LogP contribution in [0.2, 0.25) is 0 Å². The van der Waals surface area contributed by atoms with Gasteiger partial charge in [0.25, 0.3) is 0 Å². The molecule has 2 atom stereocenters. The van der Waals surface area contributed by atoms with Gasteiger partial charge in [-0.2, -0.15) is 0 Å². The second-order valence-corrected chi connectivity index (χ2v) is 9.40. The van der Waals surface area contributed by atoms with Gasteiger partial charge >= 0.3 is 0 Å². The lowest BCUT2D eigenvalue weighted by molar-refractivity contribution is 0.0433. The Hall–Kier alpha value is -2.87. The first-order chi connectivity index (χ1) is 17.5. The van der Waals surface area contributed by atoms with Crippen LogP contribution in [0, 0.1) is 17.5 Å². The van der Waals surface area contributed by atoms with Gasteiger partial charge in [-0.25, -0.2) is 13.2 Å². The van der Waals surface area contributed by atoms with Gasteiger partial charge in [0.05, 0.1) is 6.10 Å². The van der Waals surface area contributed by atoms with Crippen molar-refractivity contribution in [2.24, 2.45) is 0 Å². The van der Waals surface area contributed by atoms with E-state index in [-0.39, 0.29) is 29.4 Å². The Morgan fingerprint density at radius 1 is 0.750 bits per heavy atom. The van der Waals surface area contributed by atoms with Crippen LogP contribution in [0.5, 0.6) is 0 Å². The number of nitrogens with zero attached hydrogens (tertiary/aromatic N) is 1. The highest BCUT2D eigenvalue weighted by Crippen LogP contribution is 2.31. The van der Waals surface area contributed by atoms with E-state index in [0.717, 1.165) is 62.3 Å². The second-order valence-electron chi connectivity index (χ2n) is 9.40. The molecule has 0 bridgehead atoms. The number of rotatable bonds is 11. The zero-order valence-corrected chi connectivity index (χ0v) is 20.3. The summed E-state index contributed by atoms with van der Waals surface area (Å²) in [5, 5.41) is 17.7. The molecule has 1 aliphatic rings. The molecule has 1 saturated heterocycles. The van der Waals surface area contributed by atoms with E-state index in [9.17, 15) is 18.3 Å². The predicted octanol–water partition coefficient (Wildman–Crippen LogP) is 5.15. The summed E-state index contributed by atoms with van der Waals surface area (Å²) < 4.78 is 40.3. The molecule has 3 aromatic carbocycles. The Kier molecular flexibility index (Phi) is 9.39. The smallest absolute Gasteiger partial charge is 0.123 e. The van der Waals surface area contributed by atoms with Gasteiger partial charge in [-0.05, 0) is 72.5 Å². The average molecular weight is 498 g/mol. The number of hydrogen-bond acceptors (Lipinski definition) is 4. The molecule has 0 saturated carbocycles. The molecule has 0 radical (unpaired) electrons. The molecule has 4 nitrogen and oxygen atoms in total. The molecule has 3 N–H and O–H groups in total. The number of anilines is 1. The fourth-order valence-electron chi connectivity index (χ4n) is 5.01. The molecule has 2 unspecified atom stereocenters. The van der Waals surface area contributed by atoms with E-state index in [2.05, 4.69) is 15.5 Å². The van der Waals surface area contributed by atoms with Crippen molar-refractivity contribution in [3.8, 4) is 0 Å². The van der Waals surface area contributed by atoms with Gasteiger partial charge in [0, 0.05) is 50.4 Å². The Morgan fingerprint density at radius 2 is 1.25 bits per heavy atom. The summed E-state index contributed by atoms with van der Waals surface area (Å²) in [6, 6.07) is 19.1. The zero-order valence-electron chi connectivity index (χ0n) is 20.3. The van der Waals surface area contributed by atoms with E-state index >= 15 is 0 Å². The average Bonchev–Trinajstić information content (AvgIpc) is 2.90. The van der Waals surface area contributed by atoms with Crippen LogP contribution in [-0.4, -0.2) is 54.9 Å². The number of benzene rings is 3. The van der Waals surface area contributed by atoms with Crippen LogP contribution < -0.4 is 10.6 Å². The molecule has 1 fully saturated rings. The van der Waals surface area contributed by atoms with Crippen molar-refractivity contribution in [2.45, 2.75) is 37.3 Å². The van der Waals surface area contributed by atoms with Crippen LogP contribution in [0.4, 0.5) is 18.9 Å². The highest BCUT2D eigenvalue weighted by Gasteiger charge is 2.27. The maximum absolute atomic E-state index is 13.6. The zero-order chi connectivity index (χ0) is 25.3. The van der Waals surface area contributed by atoms with Gasteiger partial charge in [-0.15, -0.1) is 0 Å². The van der Waals surface area contributed by atoms with Crippen molar-refractivity contribution >= 4 is 5.69 Å². The van der Waals surface area contributed by atoms with E-state index in [4.69, 9.17) is 0 Å². The fraction of sp³-hybridized carbons (Fsp3) is 0.379. The van der Waals surface area contributed by atoms with Crippen LogP contribution in [0.15, 0.2) is 72.8 Å². The molecule has 1 heterocycles. The minimum absolute atomic E-state index is 0.00403. The van der Waals surface area contributed by atoms with Gasteiger partial charge in [0.15, 0.2) is 0 Å².